The van der Waals surface area contributed by atoms with Crippen molar-refractivity contribution in [1.82, 2.24) is 0 Å². The Labute approximate surface area is 104 Å². The van der Waals surface area contributed by atoms with Crippen LogP contribution >= 0.6 is 0 Å². The minimum atomic E-state index is -1.79. The molecule has 0 saturated heterocycles. The number of carboxylic acid groups (broad SMARTS) is 1. The molecule has 0 aliphatic heterocycles. The third-order valence-corrected chi connectivity index (χ3v) is 1.88. The summed E-state index contributed by atoms with van der Waals surface area (Å²) in [6.07, 6.45) is -5.82. The van der Waals surface area contributed by atoms with Gasteiger partial charge >= 0.3 is 5.97 Å². The summed E-state index contributed by atoms with van der Waals surface area (Å²) in [4.78, 5) is 19.5. The SMILES string of the molecule is CCCC(=O)O.O=C[C@H](O)[C@@H](O)[C@H](O)[C@H](O)CO. The topological polar surface area (TPSA) is 156 Å². The van der Waals surface area contributed by atoms with E-state index in [-0.39, 0.29) is 6.29 Å². The average Bonchev–Trinajstić information content (AvgIpc) is 2.35. The van der Waals surface area contributed by atoms with E-state index in [1.807, 2.05) is 6.92 Å². The van der Waals surface area contributed by atoms with Gasteiger partial charge < -0.3 is 35.4 Å². The number of carbonyl (C=O) groups is 2. The summed E-state index contributed by atoms with van der Waals surface area (Å²) in [6.45, 7) is 1.08. The number of carboxylic acids is 1. The van der Waals surface area contributed by atoms with Crippen molar-refractivity contribution in [2.75, 3.05) is 6.61 Å². The van der Waals surface area contributed by atoms with Crippen LogP contribution in [0.2, 0.25) is 0 Å². The van der Waals surface area contributed by atoms with Crippen molar-refractivity contribution in [2.24, 2.45) is 0 Å². The maximum Gasteiger partial charge on any atom is 0.303 e. The van der Waals surface area contributed by atoms with E-state index in [1.165, 1.54) is 0 Å². The van der Waals surface area contributed by atoms with Crippen LogP contribution in [0, 0.1) is 0 Å². The van der Waals surface area contributed by atoms with E-state index in [0.717, 1.165) is 6.42 Å². The Hall–Kier alpha value is -1.06. The summed E-state index contributed by atoms with van der Waals surface area (Å²) in [5.74, 6) is -0.711. The first-order valence-corrected chi connectivity index (χ1v) is 5.31. The van der Waals surface area contributed by atoms with Gasteiger partial charge in [-0.05, 0) is 6.42 Å². The molecule has 0 aromatic rings. The van der Waals surface area contributed by atoms with Gasteiger partial charge in [0.25, 0.3) is 0 Å². The highest BCUT2D eigenvalue weighted by Gasteiger charge is 2.29. The van der Waals surface area contributed by atoms with Crippen LogP contribution in [0.15, 0.2) is 0 Å². The lowest BCUT2D eigenvalue weighted by Crippen LogP contribution is -2.46. The van der Waals surface area contributed by atoms with E-state index in [9.17, 15) is 9.59 Å². The molecular formula is C10H20O8. The van der Waals surface area contributed by atoms with Crippen molar-refractivity contribution in [3.05, 3.63) is 0 Å². The quantitative estimate of drug-likeness (QED) is 0.276. The molecule has 0 saturated carbocycles. The van der Waals surface area contributed by atoms with Crippen molar-refractivity contribution < 1.29 is 40.2 Å². The standard InChI is InChI=1S/C6H12O6.C4H8O2/c7-1-3(9)5(11)6(12)4(10)2-8;1-2-3-4(5)6/h1,3-6,8-12H,2H2;2-3H2,1H3,(H,5,6)/t3-,4+,5+,6+;/m0./s1. The van der Waals surface area contributed by atoms with Crippen molar-refractivity contribution in [2.45, 2.75) is 44.2 Å². The first kappa shape index (κ1) is 19.3. The van der Waals surface area contributed by atoms with Gasteiger partial charge in [-0.25, -0.2) is 0 Å². The maximum atomic E-state index is 9.90. The van der Waals surface area contributed by atoms with E-state index < -0.39 is 37.0 Å². The zero-order chi connectivity index (χ0) is 14.7. The van der Waals surface area contributed by atoms with Gasteiger partial charge in [-0.3, -0.25) is 4.79 Å². The summed E-state index contributed by atoms with van der Waals surface area (Å²) < 4.78 is 0. The van der Waals surface area contributed by atoms with E-state index in [0.29, 0.717) is 6.42 Å². The van der Waals surface area contributed by atoms with E-state index in [2.05, 4.69) is 0 Å². The molecular weight excluding hydrogens is 248 g/mol. The van der Waals surface area contributed by atoms with Gasteiger partial charge in [0.1, 0.15) is 24.4 Å². The number of aliphatic carboxylic acids is 1. The number of hydrogen-bond donors (Lipinski definition) is 6. The van der Waals surface area contributed by atoms with Crippen LogP contribution in [0.4, 0.5) is 0 Å². The Morgan fingerprint density at radius 2 is 1.67 bits per heavy atom. The molecule has 0 amide bonds. The fourth-order valence-corrected chi connectivity index (χ4v) is 0.832. The summed E-state index contributed by atoms with van der Waals surface area (Å²) in [6, 6.07) is 0. The highest BCUT2D eigenvalue weighted by molar-refractivity contribution is 5.66. The molecule has 8 nitrogen and oxygen atoms in total. The normalized spacial score (nSPS) is 16.8. The highest BCUT2D eigenvalue weighted by atomic mass is 16.4. The monoisotopic (exact) mass is 268 g/mol. The molecule has 0 rings (SSSR count). The third kappa shape index (κ3) is 9.02. The van der Waals surface area contributed by atoms with E-state index >= 15 is 0 Å². The van der Waals surface area contributed by atoms with Crippen LogP contribution in [-0.4, -0.2) is 73.9 Å². The predicted molar refractivity (Wildman–Crippen MR) is 59.7 cm³/mol. The molecule has 0 heterocycles. The molecule has 108 valence electrons. The molecule has 0 aromatic carbocycles. The first-order chi connectivity index (χ1) is 8.31. The van der Waals surface area contributed by atoms with Gasteiger partial charge in [0, 0.05) is 6.42 Å². The van der Waals surface area contributed by atoms with Gasteiger partial charge in [0.15, 0.2) is 6.29 Å². The number of aliphatic hydroxyl groups excluding tert-OH is 5. The van der Waals surface area contributed by atoms with Crippen molar-refractivity contribution >= 4 is 12.3 Å². The molecule has 6 N–H and O–H groups in total. The van der Waals surface area contributed by atoms with Crippen LogP contribution in [0.5, 0.6) is 0 Å². The zero-order valence-corrected chi connectivity index (χ0v) is 10.0. The molecule has 0 aliphatic carbocycles. The smallest absolute Gasteiger partial charge is 0.303 e. The molecule has 0 aromatic heterocycles. The average molecular weight is 268 g/mol. The lowest BCUT2D eigenvalue weighted by atomic mass is 10.0. The molecule has 0 unspecified atom stereocenters. The zero-order valence-electron chi connectivity index (χ0n) is 10.0. The molecule has 4 atom stereocenters. The van der Waals surface area contributed by atoms with Gasteiger partial charge in [0.2, 0.25) is 0 Å². The van der Waals surface area contributed by atoms with Gasteiger partial charge in [-0.2, -0.15) is 0 Å². The van der Waals surface area contributed by atoms with Crippen LogP contribution in [0.1, 0.15) is 19.8 Å². The lowest BCUT2D eigenvalue weighted by molar-refractivity contribution is -0.137. The number of aldehydes is 1. The van der Waals surface area contributed by atoms with E-state index in [1.54, 1.807) is 0 Å². The second-order valence-electron chi connectivity index (χ2n) is 3.50. The van der Waals surface area contributed by atoms with Crippen LogP contribution < -0.4 is 0 Å². The van der Waals surface area contributed by atoms with Crippen LogP contribution in [-0.2, 0) is 9.59 Å². The van der Waals surface area contributed by atoms with E-state index in [4.69, 9.17) is 30.6 Å². The Morgan fingerprint density at radius 3 is 1.89 bits per heavy atom. The fraction of sp³-hybridized carbons (Fsp3) is 0.800. The molecule has 0 aliphatic rings. The maximum absolute atomic E-state index is 9.90. The Kier molecular flexibility index (Phi) is 11.8. The molecule has 18 heavy (non-hydrogen) atoms. The molecule has 0 bridgehead atoms. The molecule has 0 spiro atoms. The molecule has 0 fully saturated rings. The number of rotatable bonds is 7. The highest BCUT2D eigenvalue weighted by Crippen LogP contribution is 2.02. The Bertz CT molecular complexity index is 232. The third-order valence-electron chi connectivity index (χ3n) is 1.88. The van der Waals surface area contributed by atoms with Crippen molar-refractivity contribution in [1.29, 1.82) is 0 Å². The minimum absolute atomic E-state index is 0.0258. The van der Waals surface area contributed by atoms with Crippen LogP contribution in [0.25, 0.3) is 0 Å². The number of aliphatic hydroxyl groups is 5. The lowest BCUT2D eigenvalue weighted by Gasteiger charge is -2.22. The molecule has 8 heteroatoms. The predicted octanol–water partition coefficient (Wildman–Crippen LogP) is -2.51. The minimum Gasteiger partial charge on any atom is -0.481 e. The Balaban J connectivity index is 0. The number of carbonyl (C=O) groups excluding carboxylic acids is 1. The van der Waals surface area contributed by atoms with Crippen molar-refractivity contribution in [3.63, 3.8) is 0 Å². The largest absolute Gasteiger partial charge is 0.481 e. The number of hydrogen-bond acceptors (Lipinski definition) is 7. The summed E-state index contributed by atoms with van der Waals surface area (Å²) in [7, 11) is 0. The van der Waals surface area contributed by atoms with Gasteiger partial charge in [-0.1, -0.05) is 6.92 Å². The second-order valence-corrected chi connectivity index (χ2v) is 3.50. The van der Waals surface area contributed by atoms with Gasteiger partial charge in [0.05, 0.1) is 6.61 Å². The summed E-state index contributed by atoms with van der Waals surface area (Å²) >= 11 is 0. The summed E-state index contributed by atoms with van der Waals surface area (Å²) in [5, 5.41) is 51.4. The van der Waals surface area contributed by atoms with Crippen LogP contribution in [0.3, 0.4) is 0 Å². The Morgan fingerprint density at radius 1 is 1.17 bits per heavy atom. The second kappa shape index (κ2) is 11.1. The first-order valence-electron chi connectivity index (χ1n) is 5.31. The fourth-order valence-electron chi connectivity index (χ4n) is 0.832. The van der Waals surface area contributed by atoms with Crippen molar-refractivity contribution in [3.8, 4) is 0 Å². The van der Waals surface area contributed by atoms with Gasteiger partial charge in [-0.15, -0.1) is 0 Å². The molecule has 0 radical (unpaired) electrons. The summed E-state index contributed by atoms with van der Waals surface area (Å²) in [5.41, 5.74) is 0.